The fourth-order valence-corrected chi connectivity index (χ4v) is 2.13. The van der Waals surface area contributed by atoms with Gasteiger partial charge in [0.25, 0.3) is 0 Å². The lowest BCUT2D eigenvalue weighted by Gasteiger charge is -2.13. The van der Waals surface area contributed by atoms with E-state index in [1.165, 1.54) is 0 Å². The highest BCUT2D eigenvalue weighted by molar-refractivity contribution is 9.10. The van der Waals surface area contributed by atoms with Crippen molar-refractivity contribution in [3.8, 4) is 0 Å². The number of nitrogens with one attached hydrogen (secondary N) is 1. The molecule has 0 spiro atoms. The van der Waals surface area contributed by atoms with Crippen LogP contribution in [0, 0.1) is 0 Å². The van der Waals surface area contributed by atoms with Crippen molar-refractivity contribution < 1.29 is 4.79 Å². The van der Waals surface area contributed by atoms with Gasteiger partial charge in [-0.3, -0.25) is 9.48 Å². The quantitative estimate of drug-likeness (QED) is 0.891. The molecular formula is C12H10BrCl2N3O. The monoisotopic (exact) mass is 361 g/mol. The maximum atomic E-state index is 12.1. The number of anilines is 1. The van der Waals surface area contributed by atoms with Gasteiger partial charge in [-0.15, -0.1) is 0 Å². The second-order valence-corrected chi connectivity index (χ2v) is 5.61. The highest BCUT2D eigenvalue weighted by atomic mass is 79.9. The minimum absolute atomic E-state index is 0.222. The lowest BCUT2D eigenvalue weighted by atomic mass is 10.2. The van der Waals surface area contributed by atoms with Crippen molar-refractivity contribution in [3.63, 3.8) is 0 Å². The summed E-state index contributed by atoms with van der Waals surface area (Å²) in [4.78, 5) is 12.1. The molecule has 100 valence electrons. The van der Waals surface area contributed by atoms with E-state index < -0.39 is 6.04 Å². The molecule has 0 aliphatic carbocycles. The Balaban J connectivity index is 2.15. The summed E-state index contributed by atoms with van der Waals surface area (Å²) in [5.41, 5.74) is 0.484. The number of hydrogen-bond donors (Lipinski definition) is 1. The van der Waals surface area contributed by atoms with E-state index in [0.717, 1.165) is 4.47 Å². The molecule has 1 heterocycles. The van der Waals surface area contributed by atoms with Gasteiger partial charge in [0.1, 0.15) is 6.04 Å². The first-order valence-corrected chi connectivity index (χ1v) is 6.98. The second-order valence-electron chi connectivity index (χ2n) is 3.91. The van der Waals surface area contributed by atoms with Gasteiger partial charge in [0, 0.05) is 6.20 Å². The predicted molar refractivity (Wildman–Crippen MR) is 79.7 cm³/mol. The van der Waals surface area contributed by atoms with Crippen molar-refractivity contribution in [2.45, 2.75) is 13.0 Å². The predicted octanol–water partition coefficient (Wildman–Crippen LogP) is 4.15. The first-order chi connectivity index (χ1) is 8.99. The zero-order valence-corrected chi connectivity index (χ0v) is 13.0. The molecule has 1 N–H and O–H groups in total. The number of rotatable bonds is 3. The van der Waals surface area contributed by atoms with Gasteiger partial charge in [-0.05, 0) is 35.0 Å². The molecule has 2 aromatic rings. The van der Waals surface area contributed by atoms with Crippen LogP contribution < -0.4 is 5.32 Å². The number of halogens is 3. The van der Waals surface area contributed by atoms with E-state index in [4.69, 9.17) is 23.2 Å². The first kappa shape index (κ1) is 14.4. The van der Waals surface area contributed by atoms with Crippen molar-refractivity contribution in [3.05, 3.63) is 45.1 Å². The SMILES string of the molecule is C[C@@H](C(=O)Nc1cccc(Cl)c1Cl)n1cc(Br)cn1. The van der Waals surface area contributed by atoms with Crippen LogP contribution in [0.1, 0.15) is 13.0 Å². The smallest absolute Gasteiger partial charge is 0.248 e. The van der Waals surface area contributed by atoms with Crippen LogP contribution in [0.2, 0.25) is 10.0 Å². The van der Waals surface area contributed by atoms with E-state index in [0.29, 0.717) is 15.7 Å². The number of aromatic nitrogens is 2. The molecule has 0 saturated carbocycles. The van der Waals surface area contributed by atoms with Crippen LogP contribution in [0.5, 0.6) is 0 Å². The summed E-state index contributed by atoms with van der Waals surface area (Å²) in [6.45, 7) is 1.74. The summed E-state index contributed by atoms with van der Waals surface area (Å²) in [7, 11) is 0. The lowest BCUT2D eigenvalue weighted by Crippen LogP contribution is -2.24. The average Bonchev–Trinajstić information content (AvgIpc) is 2.80. The maximum absolute atomic E-state index is 12.1. The van der Waals surface area contributed by atoms with Crippen molar-refractivity contribution >= 4 is 50.7 Å². The molecule has 0 aliphatic rings. The zero-order valence-electron chi connectivity index (χ0n) is 9.90. The first-order valence-electron chi connectivity index (χ1n) is 5.43. The fraction of sp³-hybridized carbons (Fsp3) is 0.167. The highest BCUT2D eigenvalue weighted by Crippen LogP contribution is 2.30. The van der Waals surface area contributed by atoms with Gasteiger partial charge in [-0.25, -0.2) is 0 Å². The topological polar surface area (TPSA) is 46.9 Å². The van der Waals surface area contributed by atoms with Crippen LogP contribution in [0.4, 0.5) is 5.69 Å². The third-order valence-corrected chi connectivity index (χ3v) is 3.78. The standard InChI is InChI=1S/C12H10BrCl2N3O/c1-7(18-6-8(13)5-16-18)12(19)17-10-4-2-3-9(14)11(10)15/h2-7H,1H3,(H,17,19)/t7-/m0/s1. The van der Waals surface area contributed by atoms with Crippen molar-refractivity contribution in [2.24, 2.45) is 0 Å². The molecule has 4 nitrogen and oxygen atoms in total. The van der Waals surface area contributed by atoms with Gasteiger partial charge >= 0.3 is 0 Å². The number of carbonyl (C=O) groups is 1. The second kappa shape index (κ2) is 5.94. The summed E-state index contributed by atoms with van der Waals surface area (Å²) >= 11 is 15.2. The van der Waals surface area contributed by atoms with Crippen molar-refractivity contribution in [1.82, 2.24) is 9.78 Å². The van der Waals surface area contributed by atoms with Crippen LogP contribution >= 0.6 is 39.1 Å². The van der Waals surface area contributed by atoms with Gasteiger partial charge < -0.3 is 5.32 Å². The molecule has 0 saturated heterocycles. The molecule has 2 rings (SSSR count). The zero-order chi connectivity index (χ0) is 14.0. The number of nitrogens with zero attached hydrogens (tertiary/aromatic N) is 2. The molecule has 1 amide bonds. The Morgan fingerprint density at radius 2 is 2.21 bits per heavy atom. The molecule has 0 fully saturated rings. The molecule has 1 aromatic heterocycles. The maximum Gasteiger partial charge on any atom is 0.248 e. The fourth-order valence-electron chi connectivity index (χ4n) is 1.48. The van der Waals surface area contributed by atoms with E-state index in [-0.39, 0.29) is 5.91 Å². The Bertz CT molecular complexity index is 615. The van der Waals surface area contributed by atoms with Gasteiger partial charge in [-0.2, -0.15) is 5.10 Å². The minimum Gasteiger partial charge on any atom is -0.323 e. The molecule has 1 aromatic carbocycles. The van der Waals surface area contributed by atoms with Crippen molar-refractivity contribution in [2.75, 3.05) is 5.32 Å². The molecule has 0 radical (unpaired) electrons. The molecule has 0 aliphatic heterocycles. The molecule has 0 bridgehead atoms. The van der Waals surface area contributed by atoms with Crippen molar-refractivity contribution in [1.29, 1.82) is 0 Å². The summed E-state index contributed by atoms with van der Waals surface area (Å²) in [5.74, 6) is -0.222. The third-order valence-electron chi connectivity index (χ3n) is 2.56. The Hall–Kier alpha value is -1.04. The van der Waals surface area contributed by atoms with Crippen LogP contribution in [-0.4, -0.2) is 15.7 Å². The summed E-state index contributed by atoms with van der Waals surface area (Å²) < 4.78 is 2.37. The van der Waals surface area contributed by atoms with E-state index in [1.807, 2.05) is 0 Å². The van der Waals surface area contributed by atoms with Gasteiger partial charge in [0.2, 0.25) is 5.91 Å². The molecule has 19 heavy (non-hydrogen) atoms. The summed E-state index contributed by atoms with van der Waals surface area (Å²) in [6.07, 6.45) is 3.35. The van der Waals surface area contributed by atoms with Crippen LogP contribution in [0.3, 0.4) is 0 Å². The van der Waals surface area contributed by atoms with Crippen LogP contribution in [-0.2, 0) is 4.79 Å². The number of benzene rings is 1. The van der Waals surface area contributed by atoms with Gasteiger partial charge in [-0.1, -0.05) is 29.3 Å². The van der Waals surface area contributed by atoms with Gasteiger partial charge in [0.05, 0.1) is 26.4 Å². The summed E-state index contributed by atoms with van der Waals surface area (Å²) in [6, 6.07) is 4.62. The Labute approximate surface area is 128 Å². The number of amides is 1. The average molecular weight is 363 g/mol. The van der Waals surface area contributed by atoms with E-state index in [1.54, 1.807) is 42.2 Å². The minimum atomic E-state index is -0.457. The molecule has 1 atom stereocenters. The molecule has 7 heteroatoms. The number of carbonyl (C=O) groups excluding carboxylic acids is 1. The van der Waals surface area contributed by atoms with Crippen LogP contribution in [0.15, 0.2) is 35.1 Å². The molecule has 0 unspecified atom stereocenters. The van der Waals surface area contributed by atoms with E-state index >= 15 is 0 Å². The largest absolute Gasteiger partial charge is 0.323 e. The Morgan fingerprint density at radius 3 is 2.84 bits per heavy atom. The number of hydrogen-bond acceptors (Lipinski definition) is 2. The van der Waals surface area contributed by atoms with Gasteiger partial charge in [0.15, 0.2) is 0 Å². The lowest BCUT2D eigenvalue weighted by molar-refractivity contribution is -0.119. The third kappa shape index (κ3) is 3.29. The summed E-state index contributed by atoms with van der Waals surface area (Å²) in [5, 5.41) is 7.52. The van der Waals surface area contributed by atoms with E-state index in [2.05, 4.69) is 26.3 Å². The normalized spacial score (nSPS) is 12.2. The van der Waals surface area contributed by atoms with Crippen LogP contribution in [0.25, 0.3) is 0 Å². The highest BCUT2D eigenvalue weighted by Gasteiger charge is 2.17. The Morgan fingerprint density at radius 1 is 1.47 bits per heavy atom. The molecular weight excluding hydrogens is 353 g/mol. The van der Waals surface area contributed by atoms with E-state index in [9.17, 15) is 4.79 Å². The Kier molecular flexibility index (Phi) is 4.50.